The van der Waals surface area contributed by atoms with Crippen molar-refractivity contribution in [2.45, 2.75) is 71.6 Å². The van der Waals surface area contributed by atoms with Gasteiger partial charge in [0.2, 0.25) is 0 Å². The summed E-state index contributed by atoms with van der Waals surface area (Å²) in [7, 11) is 0. The zero-order valence-electron chi connectivity index (χ0n) is 21.6. The topological polar surface area (TPSA) is 23.8 Å². The Morgan fingerprint density at radius 3 is 2.08 bits per heavy atom. The number of hydrogen-bond donors (Lipinski definition) is 0. The van der Waals surface area contributed by atoms with Crippen LogP contribution in [0.4, 0.5) is 0 Å². The van der Waals surface area contributed by atoms with E-state index in [1.54, 1.807) is 0 Å². The lowest BCUT2D eigenvalue weighted by Crippen LogP contribution is -1.83. The molecule has 1 aromatic carbocycles. The molecule has 1 nitrogen and oxygen atoms in total. The Hall–Kier alpha value is -2.23. The van der Waals surface area contributed by atoms with Crippen molar-refractivity contribution in [2.24, 2.45) is 0 Å². The first-order valence-corrected chi connectivity index (χ1v) is 16.6. The molecule has 5 aromatic rings. The van der Waals surface area contributed by atoms with Gasteiger partial charge in [0, 0.05) is 51.5 Å². The van der Waals surface area contributed by atoms with E-state index in [0.29, 0.717) is 0 Å². The van der Waals surface area contributed by atoms with Crippen molar-refractivity contribution in [1.29, 1.82) is 5.26 Å². The van der Waals surface area contributed by atoms with Crippen LogP contribution in [0.3, 0.4) is 0 Å². The minimum Gasteiger partial charge on any atom is -0.192 e. The molecule has 0 unspecified atom stereocenters. The highest BCUT2D eigenvalue weighted by molar-refractivity contribution is 7.28. The quantitative estimate of drug-likeness (QED) is 0.139. The van der Waals surface area contributed by atoms with Gasteiger partial charge in [-0.3, -0.25) is 0 Å². The van der Waals surface area contributed by atoms with Crippen molar-refractivity contribution in [1.82, 2.24) is 0 Å². The fourth-order valence-corrected chi connectivity index (χ4v) is 9.82. The van der Waals surface area contributed by atoms with Gasteiger partial charge >= 0.3 is 0 Å². The van der Waals surface area contributed by atoms with Crippen LogP contribution in [-0.4, -0.2) is 0 Å². The summed E-state index contributed by atoms with van der Waals surface area (Å²) in [5.74, 6) is 0. The van der Waals surface area contributed by atoms with Crippen LogP contribution >= 0.6 is 45.3 Å². The van der Waals surface area contributed by atoms with Gasteiger partial charge in [0.25, 0.3) is 0 Å². The van der Waals surface area contributed by atoms with Crippen LogP contribution in [0.2, 0.25) is 0 Å². The summed E-state index contributed by atoms with van der Waals surface area (Å²) < 4.78 is 2.77. The van der Waals surface area contributed by atoms with Crippen LogP contribution in [-0.2, 0) is 19.3 Å². The summed E-state index contributed by atoms with van der Waals surface area (Å²) in [4.78, 5) is 8.24. The minimum atomic E-state index is 0.880. The lowest BCUT2D eigenvalue weighted by molar-refractivity contribution is 0.609. The average molecular weight is 560 g/mol. The molecule has 0 atom stereocenters. The minimum absolute atomic E-state index is 0.880. The maximum Gasteiger partial charge on any atom is 0.100 e. The Morgan fingerprint density at radius 2 is 1.38 bits per heavy atom. The summed E-state index contributed by atoms with van der Waals surface area (Å²) in [5, 5.41) is 9.71. The Labute approximate surface area is 237 Å². The van der Waals surface area contributed by atoms with E-state index in [1.165, 1.54) is 88.3 Å². The fourth-order valence-electron chi connectivity index (χ4n) is 4.78. The molecule has 0 saturated carbocycles. The second-order valence-corrected chi connectivity index (χ2v) is 14.5. The van der Waals surface area contributed by atoms with E-state index < -0.39 is 0 Å². The number of thiophene rings is 4. The van der Waals surface area contributed by atoms with E-state index in [-0.39, 0.29) is 0 Å². The van der Waals surface area contributed by atoms with Gasteiger partial charge in [0.1, 0.15) is 6.07 Å². The van der Waals surface area contributed by atoms with Crippen molar-refractivity contribution in [3.8, 4) is 16.5 Å². The predicted octanol–water partition coefficient (Wildman–Crippen LogP) is 11.0. The molecule has 0 aliphatic heterocycles. The molecule has 190 valence electrons. The summed E-state index contributed by atoms with van der Waals surface area (Å²) in [6, 6.07) is 22.4. The number of rotatable bonds is 12. The van der Waals surface area contributed by atoms with Crippen molar-refractivity contribution in [2.75, 3.05) is 0 Å². The standard InChI is InChI=1S/C32H33NS4/c1-3-4-5-6-7-11-14-25-16-24(21-33)30(34-25)18-27-20-32-31(36-27)19-26(35-32)17-28-22(2)15-29(37-28)23-12-9-8-10-13-23/h8-10,12-13,15-16,19-20H,3-7,11,14,17-18H2,1-2H3. The smallest absolute Gasteiger partial charge is 0.100 e. The molecule has 0 bridgehead atoms. The van der Waals surface area contributed by atoms with Gasteiger partial charge in [-0.25, -0.2) is 0 Å². The molecule has 5 heteroatoms. The molecule has 0 fully saturated rings. The summed E-state index contributed by atoms with van der Waals surface area (Å²) in [6.07, 6.45) is 10.9. The second kappa shape index (κ2) is 12.5. The van der Waals surface area contributed by atoms with Gasteiger partial charge < -0.3 is 0 Å². The van der Waals surface area contributed by atoms with Crippen molar-refractivity contribution < 1.29 is 0 Å². The maximum atomic E-state index is 9.71. The van der Waals surface area contributed by atoms with Gasteiger partial charge in [0.15, 0.2) is 0 Å². The Kier molecular flexibility index (Phi) is 8.94. The van der Waals surface area contributed by atoms with Gasteiger partial charge in [-0.1, -0.05) is 69.4 Å². The molecule has 5 rings (SSSR count). The van der Waals surface area contributed by atoms with E-state index in [4.69, 9.17) is 0 Å². The molecule has 0 saturated heterocycles. The van der Waals surface area contributed by atoms with Crippen molar-refractivity contribution in [3.63, 3.8) is 0 Å². The van der Waals surface area contributed by atoms with Crippen molar-refractivity contribution >= 4 is 54.7 Å². The zero-order valence-corrected chi connectivity index (χ0v) is 24.9. The van der Waals surface area contributed by atoms with E-state index in [1.807, 2.05) is 45.3 Å². The second-order valence-electron chi connectivity index (χ2n) is 9.77. The molecule has 0 aliphatic carbocycles. The highest BCUT2D eigenvalue weighted by atomic mass is 32.1. The van der Waals surface area contributed by atoms with Crippen LogP contribution < -0.4 is 0 Å². The highest BCUT2D eigenvalue weighted by Crippen LogP contribution is 2.39. The Balaban J connectivity index is 1.22. The lowest BCUT2D eigenvalue weighted by Gasteiger charge is -1.99. The number of aryl methyl sites for hydroxylation is 2. The Morgan fingerprint density at radius 1 is 0.703 bits per heavy atom. The highest BCUT2D eigenvalue weighted by Gasteiger charge is 2.15. The molecule has 37 heavy (non-hydrogen) atoms. The van der Waals surface area contributed by atoms with Gasteiger partial charge in [-0.2, -0.15) is 5.26 Å². The normalized spacial score (nSPS) is 11.4. The Bertz CT molecular complexity index is 1460. The predicted molar refractivity (Wildman–Crippen MR) is 166 cm³/mol. The van der Waals surface area contributed by atoms with Gasteiger partial charge in [-0.15, -0.1) is 45.3 Å². The van der Waals surface area contributed by atoms with Crippen LogP contribution in [0.1, 0.15) is 81.0 Å². The molecule has 0 amide bonds. The third-order valence-corrected chi connectivity index (χ3v) is 11.6. The molecule has 4 heterocycles. The monoisotopic (exact) mass is 559 g/mol. The number of nitrogens with zero attached hydrogens (tertiary/aromatic N) is 1. The van der Waals surface area contributed by atoms with Gasteiger partial charge in [0.05, 0.1) is 5.56 Å². The first-order valence-electron chi connectivity index (χ1n) is 13.3. The summed E-state index contributed by atoms with van der Waals surface area (Å²) in [6.45, 7) is 4.50. The van der Waals surface area contributed by atoms with E-state index >= 15 is 0 Å². The first kappa shape index (κ1) is 26.4. The van der Waals surface area contributed by atoms with Gasteiger partial charge in [-0.05, 0) is 55.2 Å². The first-order chi connectivity index (χ1) is 18.1. The molecule has 0 spiro atoms. The zero-order chi connectivity index (χ0) is 25.6. The van der Waals surface area contributed by atoms with E-state index in [2.05, 4.69) is 74.5 Å². The number of nitriles is 1. The number of unbranched alkanes of at least 4 members (excludes halogenated alkanes) is 5. The van der Waals surface area contributed by atoms with Crippen LogP contribution in [0.15, 0.2) is 54.6 Å². The molecular formula is C32H33NS4. The summed E-state index contributed by atoms with van der Waals surface area (Å²) >= 11 is 7.60. The van der Waals surface area contributed by atoms with Crippen LogP contribution in [0.5, 0.6) is 0 Å². The van der Waals surface area contributed by atoms with Crippen LogP contribution in [0, 0.1) is 18.3 Å². The molecule has 4 aromatic heterocycles. The third-order valence-electron chi connectivity index (χ3n) is 6.81. The van der Waals surface area contributed by atoms with E-state index in [0.717, 1.165) is 24.8 Å². The molecule has 0 radical (unpaired) electrons. The number of hydrogen-bond acceptors (Lipinski definition) is 5. The largest absolute Gasteiger partial charge is 0.192 e. The average Bonchev–Trinajstić information content (AvgIpc) is 3.66. The molecule has 0 aliphatic rings. The lowest BCUT2D eigenvalue weighted by atomic mass is 10.1. The molecular weight excluding hydrogens is 527 g/mol. The van der Waals surface area contributed by atoms with Crippen molar-refractivity contribution in [3.05, 3.63) is 90.1 Å². The third kappa shape index (κ3) is 6.62. The summed E-state index contributed by atoms with van der Waals surface area (Å²) in [5.41, 5.74) is 3.57. The van der Waals surface area contributed by atoms with E-state index in [9.17, 15) is 5.26 Å². The molecule has 0 N–H and O–H groups in total. The fraction of sp³-hybridized carbons (Fsp3) is 0.344. The van der Waals surface area contributed by atoms with Crippen LogP contribution in [0.25, 0.3) is 19.8 Å². The number of benzene rings is 1. The maximum absolute atomic E-state index is 9.71. The SMILES string of the molecule is CCCCCCCCc1cc(C#N)c(Cc2cc3sc(Cc4sc(-c5ccccc5)cc4C)cc3s2)s1. The number of fused-ring (bicyclic) bond motifs is 1.